The van der Waals surface area contributed by atoms with Crippen LogP contribution in [0.4, 0.5) is 0 Å². The van der Waals surface area contributed by atoms with Gasteiger partial charge in [-0.25, -0.2) is 9.67 Å². The van der Waals surface area contributed by atoms with E-state index in [1.54, 1.807) is 12.1 Å². The second kappa shape index (κ2) is 8.24. The van der Waals surface area contributed by atoms with Gasteiger partial charge in [-0.3, -0.25) is 9.59 Å². The molecule has 30 heavy (non-hydrogen) atoms. The highest BCUT2D eigenvalue weighted by Gasteiger charge is 2.16. The summed E-state index contributed by atoms with van der Waals surface area (Å²) < 4.78 is 11.7. The van der Waals surface area contributed by atoms with Crippen LogP contribution in [0.25, 0.3) is 21.8 Å². The van der Waals surface area contributed by atoms with Crippen molar-refractivity contribution < 1.29 is 14.3 Å². The molecule has 0 aliphatic carbocycles. The summed E-state index contributed by atoms with van der Waals surface area (Å²) in [5, 5.41) is 7.83. The molecular formula is C21H21N5O4. The Bertz CT molecular complexity index is 1240. The molecule has 154 valence electrons. The summed E-state index contributed by atoms with van der Waals surface area (Å²) in [4.78, 5) is 32.9. The average Bonchev–Trinajstić information content (AvgIpc) is 3.17. The third-order valence-electron chi connectivity index (χ3n) is 4.78. The van der Waals surface area contributed by atoms with Gasteiger partial charge >= 0.3 is 0 Å². The Morgan fingerprint density at radius 3 is 2.77 bits per heavy atom. The van der Waals surface area contributed by atoms with Gasteiger partial charge in [-0.15, -0.1) is 0 Å². The van der Waals surface area contributed by atoms with Gasteiger partial charge < -0.3 is 19.8 Å². The van der Waals surface area contributed by atoms with E-state index >= 15 is 0 Å². The maximum Gasteiger partial charge on any atom is 0.279 e. The highest BCUT2D eigenvalue weighted by Crippen LogP contribution is 2.32. The molecule has 9 nitrogen and oxygen atoms in total. The first-order chi connectivity index (χ1) is 14.6. The fraction of sp³-hybridized carbons (Fsp3) is 0.238. The zero-order valence-electron chi connectivity index (χ0n) is 16.6. The largest absolute Gasteiger partial charge is 0.493 e. The maximum absolute atomic E-state index is 12.9. The van der Waals surface area contributed by atoms with Gasteiger partial charge in [0.1, 0.15) is 12.4 Å². The van der Waals surface area contributed by atoms with Crippen molar-refractivity contribution in [2.75, 3.05) is 20.8 Å². The predicted molar refractivity (Wildman–Crippen MR) is 112 cm³/mol. The third kappa shape index (κ3) is 3.69. The van der Waals surface area contributed by atoms with E-state index in [4.69, 9.17) is 9.47 Å². The Hall–Kier alpha value is -3.88. The zero-order chi connectivity index (χ0) is 21.1. The van der Waals surface area contributed by atoms with E-state index in [1.165, 1.54) is 20.4 Å². The number of ether oxygens (including phenoxy) is 2. The van der Waals surface area contributed by atoms with Crippen LogP contribution in [0.3, 0.4) is 0 Å². The van der Waals surface area contributed by atoms with Crippen LogP contribution in [-0.4, -0.2) is 46.4 Å². The number of amides is 1. The molecule has 2 N–H and O–H groups in total. The molecule has 0 bridgehead atoms. The number of rotatable bonds is 7. The van der Waals surface area contributed by atoms with Crippen LogP contribution in [0.2, 0.25) is 0 Å². The van der Waals surface area contributed by atoms with Crippen LogP contribution >= 0.6 is 0 Å². The van der Waals surface area contributed by atoms with Crippen molar-refractivity contribution in [2.45, 2.75) is 13.0 Å². The second-order valence-electron chi connectivity index (χ2n) is 6.67. The van der Waals surface area contributed by atoms with Crippen molar-refractivity contribution in [3.63, 3.8) is 0 Å². The van der Waals surface area contributed by atoms with Gasteiger partial charge in [0.25, 0.3) is 5.56 Å². The molecule has 9 heteroatoms. The monoisotopic (exact) mass is 407 g/mol. The Kier molecular flexibility index (Phi) is 5.34. The number of imidazole rings is 1. The number of benzene rings is 2. The average molecular weight is 407 g/mol. The smallest absolute Gasteiger partial charge is 0.279 e. The highest BCUT2D eigenvalue weighted by atomic mass is 16.5. The molecule has 0 saturated heterocycles. The molecule has 2 aromatic carbocycles. The minimum Gasteiger partial charge on any atom is -0.493 e. The number of hydrogen-bond acceptors (Lipinski definition) is 6. The zero-order valence-corrected chi connectivity index (χ0v) is 16.6. The fourth-order valence-electron chi connectivity index (χ4n) is 3.33. The molecule has 0 atom stereocenters. The number of carbonyl (C=O) groups is 1. The van der Waals surface area contributed by atoms with Crippen LogP contribution < -0.4 is 20.3 Å². The van der Waals surface area contributed by atoms with E-state index in [0.29, 0.717) is 35.2 Å². The minimum absolute atomic E-state index is 0.199. The van der Waals surface area contributed by atoms with Crippen molar-refractivity contribution >= 4 is 27.7 Å². The summed E-state index contributed by atoms with van der Waals surface area (Å²) in [5.41, 5.74) is 1.42. The summed E-state index contributed by atoms with van der Waals surface area (Å²) in [7, 11) is 2.96. The summed E-state index contributed by atoms with van der Waals surface area (Å²) in [6.45, 7) is 0.188. The molecule has 0 aliphatic heterocycles. The van der Waals surface area contributed by atoms with Crippen molar-refractivity contribution in [3.05, 3.63) is 58.8 Å². The minimum atomic E-state index is -0.421. The quantitative estimate of drug-likeness (QED) is 0.482. The summed E-state index contributed by atoms with van der Waals surface area (Å²) in [5.74, 6) is 1.23. The number of hydrogen-bond donors (Lipinski definition) is 2. The lowest BCUT2D eigenvalue weighted by Gasteiger charge is -2.12. The molecule has 0 fully saturated rings. The lowest BCUT2D eigenvalue weighted by molar-refractivity contribution is -0.121. The van der Waals surface area contributed by atoms with E-state index in [9.17, 15) is 9.59 Å². The molecule has 1 amide bonds. The first kappa shape index (κ1) is 19.4. The Morgan fingerprint density at radius 1 is 1.17 bits per heavy atom. The van der Waals surface area contributed by atoms with Gasteiger partial charge in [0.15, 0.2) is 11.5 Å². The first-order valence-corrected chi connectivity index (χ1v) is 9.42. The number of nitrogens with zero attached hydrogens (tertiary/aromatic N) is 3. The number of methoxy groups -OCH3 is 2. The highest BCUT2D eigenvalue weighted by molar-refractivity contribution is 5.89. The van der Waals surface area contributed by atoms with E-state index < -0.39 is 5.56 Å². The lowest BCUT2D eigenvalue weighted by Crippen LogP contribution is -2.34. The molecule has 2 heterocycles. The molecule has 2 aromatic heterocycles. The second-order valence-corrected chi connectivity index (χ2v) is 6.67. The third-order valence-corrected chi connectivity index (χ3v) is 4.78. The van der Waals surface area contributed by atoms with Crippen LogP contribution in [0.5, 0.6) is 11.5 Å². The molecule has 4 rings (SSSR count). The van der Waals surface area contributed by atoms with E-state index in [0.717, 1.165) is 21.5 Å². The number of H-pyrrole nitrogens is 1. The first-order valence-electron chi connectivity index (χ1n) is 9.42. The fourth-order valence-corrected chi connectivity index (χ4v) is 3.33. The number of para-hydroxylation sites is 2. The number of nitrogens with one attached hydrogen (secondary N) is 2. The van der Waals surface area contributed by atoms with Crippen molar-refractivity contribution in [3.8, 4) is 11.5 Å². The number of carbonyl (C=O) groups excluding carboxylic acids is 1. The van der Waals surface area contributed by atoms with Gasteiger partial charge in [0, 0.05) is 18.4 Å². The van der Waals surface area contributed by atoms with Crippen LogP contribution in [0.1, 0.15) is 5.82 Å². The van der Waals surface area contributed by atoms with Gasteiger partial charge in [-0.05, 0) is 24.3 Å². The molecule has 0 spiro atoms. The van der Waals surface area contributed by atoms with Crippen molar-refractivity contribution in [1.82, 2.24) is 25.1 Å². The van der Waals surface area contributed by atoms with Gasteiger partial charge in [0.2, 0.25) is 5.91 Å². The standard InChI is InChI=1S/C21H21N5O4/c1-29-16-8-7-13-11-23-26(21(28)19(13)20(16)30-2)12-18(27)22-10-9-17-24-14-5-3-4-6-15(14)25-17/h3-8,11H,9-10,12H2,1-2H3,(H,22,27)(H,24,25). The number of aromatic nitrogens is 4. The van der Waals surface area contributed by atoms with Gasteiger partial charge in [-0.1, -0.05) is 12.1 Å². The van der Waals surface area contributed by atoms with Gasteiger partial charge in [-0.2, -0.15) is 5.10 Å². The topological polar surface area (TPSA) is 111 Å². The molecule has 0 radical (unpaired) electrons. The van der Waals surface area contributed by atoms with Crippen LogP contribution in [0, 0.1) is 0 Å². The number of aromatic amines is 1. The van der Waals surface area contributed by atoms with E-state index in [1.807, 2.05) is 24.3 Å². The molecule has 0 aliphatic rings. The predicted octanol–water partition coefficient (Wildman–Crippen LogP) is 1.65. The number of fused-ring (bicyclic) bond motifs is 2. The van der Waals surface area contributed by atoms with E-state index in [-0.39, 0.29) is 12.5 Å². The van der Waals surface area contributed by atoms with E-state index in [2.05, 4.69) is 20.4 Å². The van der Waals surface area contributed by atoms with Gasteiger partial charge in [0.05, 0.1) is 36.8 Å². The SMILES string of the molecule is COc1ccc2cnn(CC(=O)NCCc3nc4ccccc4[nH]3)c(=O)c2c1OC. The molecule has 0 unspecified atom stereocenters. The van der Waals surface area contributed by atoms with Crippen LogP contribution in [-0.2, 0) is 17.8 Å². The molecular weight excluding hydrogens is 386 g/mol. The Labute approximate surface area is 171 Å². The Morgan fingerprint density at radius 2 is 2.00 bits per heavy atom. The van der Waals surface area contributed by atoms with Crippen molar-refractivity contribution in [2.24, 2.45) is 0 Å². The molecule has 0 saturated carbocycles. The summed E-state index contributed by atoms with van der Waals surface area (Å²) >= 11 is 0. The lowest BCUT2D eigenvalue weighted by atomic mass is 10.1. The van der Waals surface area contributed by atoms with Crippen molar-refractivity contribution in [1.29, 1.82) is 0 Å². The maximum atomic E-state index is 12.9. The summed E-state index contributed by atoms with van der Waals surface area (Å²) in [6.07, 6.45) is 2.08. The normalized spacial score (nSPS) is 11.0. The van der Waals surface area contributed by atoms with Crippen LogP contribution in [0.15, 0.2) is 47.4 Å². The Balaban J connectivity index is 1.46. The molecule has 4 aromatic rings. The summed E-state index contributed by atoms with van der Waals surface area (Å²) in [6, 6.07) is 11.2.